The van der Waals surface area contributed by atoms with Gasteiger partial charge in [0, 0.05) is 23.7 Å². The van der Waals surface area contributed by atoms with Gasteiger partial charge in [-0.2, -0.15) is 0 Å². The van der Waals surface area contributed by atoms with Gasteiger partial charge < -0.3 is 14.8 Å². The monoisotopic (exact) mass is 433 g/mol. The first-order valence-corrected chi connectivity index (χ1v) is 11.1. The minimum Gasteiger partial charge on any atom is -0.493 e. The van der Waals surface area contributed by atoms with E-state index in [4.69, 9.17) is 21.1 Å². The lowest BCUT2D eigenvalue weighted by molar-refractivity contribution is -0.117. The smallest absolute Gasteiger partial charge is 0.250 e. The second-order valence-corrected chi connectivity index (χ2v) is 7.65. The van der Waals surface area contributed by atoms with Crippen molar-refractivity contribution in [1.29, 1.82) is 0 Å². The zero-order valence-electron chi connectivity index (χ0n) is 19.0. The number of amides is 1. The first-order chi connectivity index (χ1) is 14.3. The van der Waals surface area contributed by atoms with E-state index >= 15 is 0 Å². The molecule has 0 aliphatic rings. The number of allylic oxidation sites excluding steroid dienone is 1. The number of aryl methyl sites for hydroxylation is 1. The fourth-order valence-corrected chi connectivity index (χ4v) is 3.04. The standard InChI is InChI=1S/C25H36ClNO3/c1-7-10-21(24-16-22(26)12-11-18(24)4)13-14-27-25(28)19(5)15-23(17-29-9-3)30-20(6)8-2/h10-12,15-16,20H,5,7-9,13-14,17H2,1-4,6H3,(H,27,28)/b21-10-,23-15-. The summed E-state index contributed by atoms with van der Waals surface area (Å²) in [4.78, 5) is 12.5. The van der Waals surface area contributed by atoms with E-state index in [0.29, 0.717) is 42.5 Å². The summed E-state index contributed by atoms with van der Waals surface area (Å²) in [5.41, 5.74) is 3.82. The van der Waals surface area contributed by atoms with Crippen LogP contribution in [-0.2, 0) is 14.3 Å². The zero-order chi connectivity index (χ0) is 22.5. The molecule has 0 radical (unpaired) electrons. The highest BCUT2D eigenvalue weighted by molar-refractivity contribution is 6.30. The van der Waals surface area contributed by atoms with E-state index < -0.39 is 0 Å². The van der Waals surface area contributed by atoms with Crippen LogP contribution in [0.15, 0.2) is 48.3 Å². The fourth-order valence-electron chi connectivity index (χ4n) is 2.87. The Bertz CT molecular complexity index is 768. The van der Waals surface area contributed by atoms with Gasteiger partial charge >= 0.3 is 0 Å². The van der Waals surface area contributed by atoms with Gasteiger partial charge in [-0.25, -0.2) is 0 Å². The summed E-state index contributed by atoms with van der Waals surface area (Å²) >= 11 is 6.18. The second-order valence-electron chi connectivity index (χ2n) is 7.21. The number of carbonyl (C=O) groups is 1. The number of hydrogen-bond acceptors (Lipinski definition) is 3. The molecule has 0 aromatic heterocycles. The van der Waals surface area contributed by atoms with Crippen LogP contribution >= 0.6 is 11.6 Å². The van der Waals surface area contributed by atoms with Gasteiger partial charge in [0.05, 0.1) is 6.10 Å². The highest BCUT2D eigenvalue weighted by Gasteiger charge is 2.11. The Balaban J connectivity index is 2.75. The number of ether oxygens (including phenoxy) is 2. The Kier molecular flexibility index (Phi) is 12.2. The molecule has 1 rings (SSSR count). The minimum absolute atomic E-state index is 0.0512. The molecule has 5 heteroatoms. The number of halogens is 1. The third-order valence-corrected chi connectivity index (χ3v) is 4.91. The Morgan fingerprint density at radius 1 is 1.30 bits per heavy atom. The predicted molar refractivity (Wildman–Crippen MR) is 127 cm³/mol. The average molecular weight is 434 g/mol. The van der Waals surface area contributed by atoms with Gasteiger partial charge in [0.2, 0.25) is 0 Å². The van der Waals surface area contributed by atoms with E-state index in [9.17, 15) is 4.79 Å². The fraction of sp³-hybridized carbons (Fsp3) is 0.480. The lowest BCUT2D eigenvalue weighted by Gasteiger charge is -2.16. The first kappa shape index (κ1) is 26.0. The van der Waals surface area contributed by atoms with Gasteiger partial charge in [-0.3, -0.25) is 4.79 Å². The Labute approximate surface area is 187 Å². The minimum atomic E-state index is -0.213. The van der Waals surface area contributed by atoms with Crippen LogP contribution in [-0.4, -0.2) is 31.8 Å². The van der Waals surface area contributed by atoms with E-state index in [1.54, 1.807) is 6.08 Å². The molecule has 0 saturated carbocycles. The third kappa shape index (κ3) is 9.19. The van der Waals surface area contributed by atoms with Gasteiger partial charge in [-0.15, -0.1) is 0 Å². The van der Waals surface area contributed by atoms with Crippen molar-refractivity contribution in [3.05, 3.63) is 64.4 Å². The molecule has 166 valence electrons. The van der Waals surface area contributed by atoms with Crippen LogP contribution in [0.2, 0.25) is 5.02 Å². The van der Waals surface area contributed by atoms with E-state index in [1.165, 1.54) is 11.1 Å². The van der Waals surface area contributed by atoms with Gasteiger partial charge in [-0.05, 0) is 74.9 Å². The topological polar surface area (TPSA) is 47.6 Å². The molecule has 0 heterocycles. The molecule has 1 aromatic carbocycles. The van der Waals surface area contributed by atoms with Crippen molar-refractivity contribution in [1.82, 2.24) is 5.32 Å². The molecule has 0 bridgehead atoms. The van der Waals surface area contributed by atoms with E-state index in [0.717, 1.165) is 18.4 Å². The molecule has 4 nitrogen and oxygen atoms in total. The van der Waals surface area contributed by atoms with Crippen molar-refractivity contribution in [3.63, 3.8) is 0 Å². The van der Waals surface area contributed by atoms with Crippen molar-refractivity contribution < 1.29 is 14.3 Å². The highest BCUT2D eigenvalue weighted by atomic mass is 35.5. The maximum absolute atomic E-state index is 12.5. The molecule has 0 aliphatic heterocycles. The summed E-state index contributed by atoms with van der Waals surface area (Å²) in [6, 6.07) is 5.89. The summed E-state index contributed by atoms with van der Waals surface area (Å²) in [6.45, 7) is 15.4. The molecule has 30 heavy (non-hydrogen) atoms. The van der Waals surface area contributed by atoms with Gasteiger partial charge in [-0.1, -0.05) is 44.2 Å². The van der Waals surface area contributed by atoms with Crippen molar-refractivity contribution in [2.24, 2.45) is 0 Å². The predicted octanol–water partition coefficient (Wildman–Crippen LogP) is 6.24. The number of hydrogen-bond donors (Lipinski definition) is 1. The third-order valence-electron chi connectivity index (χ3n) is 4.68. The van der Waals surface area contributed by atoms with Gasteiger partial charge in [0.25, 0.3) is 5.91 Å². The highest BCUT2D eigenvalue weighted by Crippen LogP contribution is 2.25. The van der Waals surface area contributed by atoms with Crippen LogP contribution < -0.4 is 5.32 Å². The van der Waals surface area contributed by atoms with Crippen molar-refractivity contribution >= 4 is 23.1 Å². The number of nitrogens with one attached hydrogen (secondary N) is 1. The number of benzene rings is 1. The number of rotatable bonds is 13. The van der Waals surface area contributed by atoms with Crippen LogP contribution in [0.5, 0.6) is 0 Å². The summed E-state index contributed by atoms with van der Waals surface area (Å²) in [6.07, 6.45) is 6.40. The Morgan fingerprint density at radius 2 is 2.03 bits per heavy atom. The largest absolute Gasteiger partial charge is 0.493 e. The average Bonchev–Trinajstić information content (AvgIpc) is 2.72. The molecule has 1 unspecified atom stereocenters. The van der Waals surface area contributed by atoms with Crippen LogP contribution in [0.1, 0.15) is 58.1 Å². The second kappa shape index (κ2) is 14.1. The lowest BCUT2D eigenvalue weighted by Crippen LogP contribution is -2.25. The van der Waals surface area contributed by atoms with Crippen LogP contribution in [0.25, 0.3) is 5.57 Å². The summed E-state index contributed by atoms with van der Waals surface area (Å²) in [5.74, 6) is 0.405. The molecule has 1 amide bonds. The maximum atomic E-state index is 12.5. The Hall–Kier alpha value is -2.04. The SMILES string of the molecule is C=C(/C=C(/COCC)OC(C)CC)C(=O)NCC/C(=C/CC)c1cc(Cl)ccc1C. The molecule has 1 atom stereocenters. The molecule has 0 spiro atoms. The van der Waals surface area contributed by atoms with E-state index in [-0.39, 0.29) is 12.0 Å². The maximum Gasteiger partial charge on any atom is 0.250 e. The summed E-state index contributed by atoms with van der Waals surface area (Å²) in [7, 11) is 0. The zero-order valence-corrected chi connectivity index (χ0v) is 19.8. The number of carbonyl (C=O) groups excluding carboxylic acids is 1. The molecular weight excluding hydrogens is 398 g/mol. The van der Waals surface area contributed by atoms with Gasteiger partial charge in [0.15, 0.2) is 0 Å². The van der Waals surface area contributed by atoms with Crippen molar-refractivity contribution in [3.8, 4) is 0 Å². The summed E-state index contributed by atoms with van der Waals surface area (Å²) in [5, 5.41) is 3.66. The lowest BCUT2D eigenvalue weighted by atomic mass is 9.97. The molecule has 0 aliphatic carbocycles. The van der Waals surface area contributed by atoms with Crippen molar-refractivity contribution in [2.75, 3.05) is 19.8 Å². The van der Waals surface area contributed by atoms with Crippen molar-refractivity contribution in [2.45, 2.75) is 60.0 Å². The normalized spacial score (nSPS) is 13.1. The molecule has 1 aromatic rings. The van der Waals surface area contributed by atoms with Gasteiger partial charge in [0.1, 0.15) is 12.4 Å². The quantitative estimate of drug-likeness (QED) is 0.227. The van der Waals surface area contributed by atoms with E-state index in [1.807, 2.05) is 39.0 Å². The van der Waals surface area contributed by atoms with Crippen LogP contribution in [0.3, 0.4) is 0 Å². The van der Waals surface area contributed by atoms with Crippen LogP contribution in [0, 0.1) is 6.92 Å². The molecule has 0 saturated heterocycles. The first-order valence-electron chi connectivity index (χ1n) is 10.7. The van der Waals surface area contributed by atoms with E-state index in [2.05, 4.69) is 31.8 Å². The molecular formula is C25H36ClNO3. The molecule has 1 N–H and O–H groups in total. The summed E-state index contributed by atoms with van der Waals surface area (Å²) < 4.78 is 11.3. The Morgan fingerprint density at radius 3 is 2.67 bits per heavy atom. The molecule has 0 fully saturated rings. The van der Waals surface area contributed by atoms with Crippen LogP contribution in [0.4, 0.5) is 0 Å².